The predicted molar refractivity (Wildman–Crippen MR) is 454 cm³/mol. The number of esters is 4. The molecule has 0 rings (SSSR count). The van der Waals surface area contributed by atoms with Crippen molar-refractivity contribution < 1.29 is 80.2 Å². The van der Waals surface area contributed by atoms with Crippen LogP contribution in [-0.2, 0) is 65.4 Å². The first-order valence-corrected chi connectivity index (χ1v) is 45.4. The Balaban J connectivity index is 5.48. The van der Waals surface area contributed by atoms with Crippen LogP contribution in [0.1, 0.15) is 323 Å². The Morgan fingerprint density at radius 1 is 0.264 bits per heavy atom. The van der Waals surface area contributed by atoms with Crippen molar-refractivity contribution in [2.24, 2.45) is 0 Å². The molecule has 0 aromatic heterocycles. The molecule has 0 aromatic rings. The molecule has 17 nitrogen and oxygen atoms in total. The molecule has 0 fully saturated rings. The van der Waals surface area contributed by atoms with Crippen LogP contribution in [0, 0.1) is 0 Å². The molecule has 0 spiro atoms. The molecule has 5 atom stereocenters. The highest BCUT2D eigenvalue weighted by atomic mass is 31.2. The summed E-state index contributed by atoms with van der Waals surface area (Å²) in [6.07, 6.45) is 97.6. The average Bonchev–Trinajstić information content (AvgIpc) is 0.900. The van der Waals surface area contributed by atoms with Crippen molar-refractivity contribution in [2.45, 2.75) is 341 Å². The second-order valence-electron chi connectivity index (χ2n) is 27.7. The van der Waals surface area contributed by atoms with Crippen LogP contribution < -0.4 is 0 Å². The van der Waals surface area contributed by atoms with E-state index in [1.54, 1.807) is 0 Å². The lowest BCUT2D eigenvalue weighted by Gasteiger charge is -2.21. The Morgan fingerprint density at radius 3 is 0.809 bits per heavy atom. The molecular formula is C91H150O17P2. The molecule has 0 radical (unpaired) electrons. The van der Waals surface area contributed by atoms with Gasteiger partial charge in [-0.25, -0.2) is 9.13 Å². The van der Waals surface area contributed by atoms with Crippen LogP contribution >= 0.6 is 15.6 Å². The highest BCUT2D eigenvalue weighted by Gasteiger charge is 2.30. The van der Waals surface area contributed by atoms with Crippen LogP contribution in [0.25, 0.3) is 0 Å². The maximum Gasteiger partial charge on any atom is 0.472 e. The van der Waals surface area contributed by atoms with Gasteiger partial charge in [-0.05, 0) is 148 Å². The number of carbonyl (C=O) groups is 4. The highest BCUT2D eigenvalue weighted by molar-refractivity contribution is 7.47. The van der Waals surface area contributed by atoms with E-state index < -0.39 is 97.5 Å². The fraction of sp³-hybridized carbons (Fsp3) is 0.648. The first-order valence-electron chi connectivity index (χ1n) is 42.4. The Kier molecular flexibility index (Phi) is 77.3. The minimum Gasteiger partial charge on any atom is -0.462 e. The molecule has 626 valence electrons. The zero-order chi connectivity index (χ0) is 80.3. The van der Waals surface area contributed by atoms with Gasteiger partial charge in [0.15, 0.2) is 12.2 Å². The number of aliphatic hydroxyl groups excluding tert-OH is 1. The van der Waals surface area contributed by atoms with Gasteiger partial charge in [-0.15, -0.1) is 0 Å². The van der Waals surface area contributed by atoms with Crippen molar-refractivity contribution in [1.82, 2.24) is 0 Å². The number of hydrogen-bond donors (Lipinski definition) is 3. The van der Waals surface area contributed by atoms with E-state index in [-0.39, 0.29) is 25.7 Å². The Bertz CT molecular complexity index is 2750. The summed E-state index contributed by atoms with van der Waals surface area (Å²) in [5.41, 5.74) is 0. The number of aliphatic hydroxyl groups is 1. The van der Waals surface area contributed by atoms with Gasteiger partial charge in [0.05, 0.1) is 26.4 Å². The van der Waals surface area contributed by atoms with E-state index in [9.17, 15) is 43.2 Å². The van der Waals surface area contributed by atoms with Crippen LogP contribution in [0.3, 0.4) is 0 Å². The van der Waals surface area contributed by atoms with Crippen molar-refractivity contribution in [3.05, 3.63) is 170 Å². The zero-order valence-electron chi connectivity index (χ0n) is 68.6. The van der Waals surface area contributed by atoms with Gasteiger partial charge in [-0.2, -0.15) is 0 Å². The van der Waals surface area contributed by atoms with Crippen molar-refractivity contribution in [1.29, 1.82) is 0 Å². The summed E-state index contributed by atoms with van der Waals surface area (Å²) in [4.78, 5) is 73.2. The second kappa shape index (κ2) is 81.4. The Hall–Kier alpha value is -5.58. The van der Waals surface area contributed by atoms with Crippen LogP contribution in [0.15, 0.2) is 170 Å². The fourth-order valence-electron chi connectivity index (χ4n) is 10.8. The van der Waals surface area contributed by atoms with Gasteiger partial charge in [0.1, 0.15) is 19.3 Å². The molecule has 0 saturated carbocycles. The smallest absolute Gasteiger partial charge is 0.462 e. The third-order valence-electron chi connectivity index (χ3n) is 17.2. The maximum atomic E-state index is 13.1. The van der Waals surface area contributed by atoms with Gasteiger partial charge in [0.2, 0.25) is 0 Å². The van der Waals surface area contributed by atoms with E-state index in [1.165, 1.54) is 70.6 Å². The van der Waals surface area contributed by atoms with Gasteiger partial charge in [0, 0.05) is 25.7 Å². The second-order valence-corrected chi connectivity index (χ2v) is 30.6. The van der Waals surface area contributed by atoms with E-state index in [1.807, 2.05) is 18.2 Å². The molecule has 0 amide bonds. The van der Waals surface area contributed by atoms with Crippen LogP contribution in [0.5, 0.6) is 0 Å². The van der Waals surface area contributed by atoms with Crippen molar-refractivity contribution in [3.63, 3.8) is 0 Å². The largest absolute Gasteiger partial charge is 0.472 e. The quantitative estimate of drug-likeness (QED) is 0.0169. The average molecular weight is 1580 g/mol. The summed E-state index contributed by atoms with van der Waals surface area (Å²) in [7, 11) is -10.0. The minimum atomic E-state index is -5.01. The third kappa shape index (κ3) is 80.5. The molecule has 0 heterocycles. The molecule has 3 N–H and O–H groups in total. The van der Waals surface area contributed by atoms with Gasteiger partial charge >= 0.3 is 39.5 Å². The lowest BCUT2D eigenvalue weighted by Crippen LogP contribution is -2.30. The first kappa shape index (κ1) is 104. The zero-order valence-corrected chi connectivity index (χ0v) is 70.4. The number of allylic oxidation sites excluding steroid dienone is 28. The lowest BCUT2D eigenvalue weighted by molar-refractivity contribution is -0.161. The number of ether oxygens (including phenoxy) is 4. The van der Waals surface area contributed by atoms with Crippen molar-refractivity contribution in [3.8, 4) is 0 Å². The van der Waals surface area contributed by atoms with Crippen LogP contribution in [-0.4, -0.2) is 96.7 Å². The van der Waals surface area contributed by atoms with Gasteiger partial charge in [-0.1, -0.05) is 320 Å². The fourth-order valence-corrected chi connectivity index (χ4v) is 12.4. The molecular weight excluding hydrogens is 1430 g/mol. The number of phosphoric acid groups is 2. The molecule has 0 aliphatic heterocycles. The Labute approximate surface area is 667 Å². The van der Waals surface area contributed by atoms with Gasteiger partial charge in [-0.3, -0.25) is 37.3 Å². The maximum absolute atomic E-state index is 13.1. The number of unbranched alkanes of at least 4 members (excludes halogenated alkanes) is 24. The highest BCUT2D eigenvalue weighted by Crippen LogP contribution is 2.45. The number of carbonyl (C=O) groups excluding carboxylic acids is 4. The summed E-state index contributed by atoms with van der Waals surface area (Å²) < 4.78 is 68.7. The SMILES string of the molecule is CC/C=C\C/C=C\C/C=C\C/C=C\C/C=C\C/C=C\CCC(=O)OCC(COP(=O)(O)OCC(O)COP(=O)(O)OCC(COC(=O)CCCCC/C=C\C/C=C\C/C=C\C/C=C\C/C=C\CC)OC(=O)CCCCCCCCCCCCCCC)OC(=O)CCCCCCCC/C=C\C/C=C\C/C=C\CCCCC. The van der Waals surface area contributed by atoms with E-state index in [0.717, 1.165) is 167 Å². The van der Waals surface area contributed by atoms with E-state index in [4.69, 9.17) is 37.0 Å². The van der Waals surface area contributed by atoms with Crippen LogP contribution in [0.2, 0.25) is 0 Å². The summed E-state index contributed by atoms with van der Waals surface area (Å²) in [5, 5.41) is 10.7. The van der Waals surface area contributed by atoms with Crippen LogP contribution in [0.4, 0.5) is 0 Å². The van der Waals surface area contributed by atoms with Gasteiger partial charge < -0.3 is 33.8 Å². The third-order valence-corrected chi connectivity index (χ3v) is 19.1. The molecule has 0 aliphatic carbocycles. The van der Waals surface area contributed by atoms with Crippen molar-refractivity contribution in [2.75, 3.05) is 39.6 Å². The summed E-state index contributed by atoms with van der Waals surface area (Å²) in [6.45, 7) is 4.50. The monoisotopic (exact) mass is 1580 g/mol. The Morgan fingerprint density at radius 2 is 0.491 bits per heavy atom. The normalized spacial score (nSPS) is 14.6. The van der Waals surface area contributed by atoms with Crippen molar-refractivity contribution >= 4 is 39.5 Å². The molecule has 5 unspecified atom stereocenters. The van der Waals surface area contributed by atoms with E-state index >= 15 is 0 Å². The first-order chi connectivity index (χ1) is 53.7. The number of hydrogen-bond acceptors (Lipinski definition) is 15. The topological polar surface area (TPSA) is 237 Å². The predicted octanol–water partition coefficient (Wildman–Crippen LogP) is 25.3. The summed E-state index contributed by atoms with van der Waals surface area (Å²) in [6, 6.07) is 0. The summed E-state index contributed by atoms with van der Waals surface area (Å²) >= 11 is 0. The van der Waals surface area contributed by atoms with E-state index in [0.29, 0.717) is 32.1 Å². The minimum absolute atomic E-state index is 0.0275. The molecule has 0 aromatic carbocycles. The summed E-state index contributed by atoms with van der Waals surface area (Å²) in [5.74, 6) is -2.32. The molecule has 0 bridgehead atoms. The lowest BCUT2D eigenvalue weighted by atomic mass is 10.0. The number of phosphoric ester groups is 2. The molecule has 110 heavy (non-hydrogen) atoms. The molecule has 0 aliphatic rings. The van der Waals surface area contributed by atoms with Gasteiger partial charge in [0.25, 0.3) is 0 Å². The molecule has 0 saturated heterocycles. The van der Waals surface area contributed by atoms with E-state index in [2.05, 4.69) is 180 Å². The standard InChI is InChI=1S/C91H150O17P2/c1-5-9-13-17-21-25-29-33-36-39-42-45-48-52-55-59-63-67-71-75-88(93)101-81-86(107-90(95)77-73-69-65-61-57-51-32-28-24-20-16-12-8-4)83-105-109(97,98)103-79-85(92)80-104-110(99,100)106-84-87(108-91(96)78-74-70-66-62-58-54-50-47-44-41-38-35-31-27-23-19-15-11-7-3)82-102-89(94)76-72-68-64-60-56-53-49-46-43-40-37-34-30-26-22-18-14-10-6-2/h9-10,13-14,21-23,25-27,33-38,42-47,52-53,55-56,64,68,85-87,92H,5-8,11-12,15-20,24,28-32,39-41,48-51,54,57-63,65-67,69-84H2,1-4H3,(H,97,98)(H,99,100)/b13-9-,14-10-,25-21-,26-22-,27-23-,36-33-,37-34-,38-35-,45-42-,46-43-,47-44-,55-52-,56-53-,68-64-. The number of rotatable bonds is 78. The molecule has 19 heteroatoms.